The summed E-state index contributed by atoms with van der Waals surface area (Å²) in [6.45, 7) is -0.186. The van der Waals surface area contributed by atoms with Crippen molar-refractivity contribution in [3.05, 3.63) is 58.0 Å². The SMILES string of the molecule is O=S(=O)(CCc1cccs1)Nc1ncnc(OCCO)c1-c1ccc(Cl)cc1. The molecule has 0 atom stereocenters. The summed E-state index contributed by atoms with van der Waals surface area (Å²) in [5.74, 6) is 0.198. The number of ether oxygens (including phenoxy) is 1. The molecule has 0 spiro atoms. The molecule has 2 N–H and O–H groups in total. The molecule has 0 aliphatic heterocycles. The second-order valence-electron chi connectivity index (χ2n) is 5.73. The fraction of sp³-hybridized carbons (Fsp3) is 0.222. The highest BCUT2D eigenvalue weighted by atomic mass is 35.5. The largest absolute Gasteiger partial charge is 0.475 e. The van der Waals surface area contributed by atoms with Gasteiger partial charge in [-0.1, -0.05) is 29.8 Å². The van der Waals surface area contributed by atoms with Crippen LogP contribution in [-0.2, 0) is 16.4 Å². The maximum Gasteiger partial charge on any atom is 0.234 e. The first kappa shape index (κ1) is 20.5. The third-order valence-corrected chi connectivity index (χ3v) is 6.16. The summed E-state index contributed by atoms with van der Waals surface area (Å²) < 4.78 is 33.2. The summed E-state index contributed by atoms with van der Waals surface area (Å²) in [5, 5.41) is 11.5. The zero-order valence-corrected chi connectivity index (χ0v) is 17.1. The molecule has 2 aromatic heterocycles. The lowest BCUT2D eigenvalue weighted by atomic mass is 10.1. The maximum absolute atomic E-state index is 12.6. The van der Waals surface area contributed by atoms with Crippen LogP contribution in [0.3, 0.4) is 0 Å². The Morgan fingerprint density at radius 3 is 2.64 bits per heavy atom. The smallest absolute Gasteiger partial charge is 0.234 e. The normalized spacial score (nSPS) is 11.4. The van der Waals surface area contributed by atoms with E-state index >= 15 is 0 Å². The molecule has 148 valence electrons. The average molecular weight is 440 g/mol. The molecule has 1 aromatic carbocycles. The molecule has 0 bridgehead atoms. The quantitative estimate of drug-likeness (QED) is 0.530. The Labute approximate surface area is 172 Å². The van der Waals surface area contributed by atoms with Gasteiger partial charge in [0.05, 0.1) is 17.9 Å². The maximum atomic E-state index is 12.6. The Balaban J connectivity index is 1.91. The van der Waals surface area contributed by atoms with Crippen LogP contribution >= 0.6 is 22.9 Å². The molecule has 28 heavy (non-hydrogen) atoms. The zero-order chi connectivity index (χ0) is 20.0. The summed E-state index contributed by atoms with van der Waals surface area (Å²) >= 11 is 7.46. The predicted octanol–water partition coefficient (Wildman–Crippen LogP) is 3.21. The van der Waals surface area contributed by atoms with Gasteiger partial charge >= 0.3 is 0 Å². The second kappa shape index (κ2) is 9.33. The van der Waals surface area contributed by atoms with Crippen LogP contribution in [0.1, 0.15) is 4.88 Å². The number of aryl methyl sites for hydroxylation is 1. The monoisotopic (exact) mass is 439 g/mol. The molecule has 0 saturated carbocycles. The van der Waals surface area contributed by atoms with Gasteiger partial charge in [-0.2, -0.15) is 0 Å². The van der Waals surface area contributed by atoms with Crippen molar-refractivity contribution in [2.24, 2.45) is 0 Å². The minimum absolute atomic E-state index is 0.0160. The zero-order valence-electron chi connectivity index (χ0n) is 14.7. The Hall–Kier alpha value is -2.20. The number of nitrogens with one attached hydrogen (secondary N) is 1. The molecule has 0 amide bonds. The number of anilines is 1. The third-order valence-electron chi connectivity index (χ3n) is 3.72. The number of sulfonamides is 1. The lowest BCUT2D eigenvalue weighted by Gasteiger charge is -2.15. The Morgan fingerprint density at radius 1 is 1.18 bits per heavy atom. The minimum atomic E-state index is -3.65. The van der Waals surface area contributed by atoms with Gasteiger partial charge in [0, 0.05) is 9.90 Å². The molecule has 10 heteroatoms. The van der Waals surface area contributed by atoms with Crippen LogP contribution in [-0.4, -0.2) is 42.5 Å². The van der Waals surface area contributed by atoms with Gasteiger partial charge in [0.2, 0.25) is 15.9 Å². The van der Waals surface area contributed by atoms with Gasteiger partial charge in [-0.3, -0.25) is 4.72 Å². The highest BCUT2D eigenvalue weighted by Crippen LogP contribution is 2.35. The van der Waals surface area contributed by atoms with Crippen LogP contribution < -0.4 is 9.46 Å². The fourth-order valence-corrected chi connectivity index (χ4v) is 4.47. The van der Waals surface area contributed by atoms with Crippen LogP contribution in [0.15, 0.2) is 48.1 Å². The summed E-state index contributed by atoms with van der Waals surface area (Å²) in [5.41, 5.74) is 1.02. The van der Waals surface area contributed by atoms with Crippen molar-refractivity contribution in [3.8, 4) is 17.0 Å². The van der Waals surface area contributed by atoms with Crippen LogP contribution in [0, 0.1) is 0 Å². The van der Waals surface area contributed by atoms with E-state index in [0.717, 1.165) is 4.88 Å². The number of aromatic nitrogens is 2. The minimum Gasteiger partial charge on any atom is -0.475 e. The van der Waals surface area contributed by atoms with Crippen molar-refractivity contribution in [1.82, 2.24) is 9.97 Å². The molecule has 0 saturated heterocycles. The number of hydrogen-bond donors (Lipinski definition) is 2. The Bertz CT molecular complexity index is 1010. The topological polar surface area (TPSA) is 101 Å². The van der Waals surface area contributed by atoms with Crippen molar-refractivity contribution in [2.45, 2.75) is 6.42 Å². The van der Waals surface area contributed by atoms with E-state index in [1.807, 2.05) is 17.5 Å². The van der Waals surface area contributed by atoms with E-state index in [9.17, 15) is 8.42 Å². The lowest BCUT2D eigenvalue weighted by Crippen LogP contribution is -2.19. The Kier molecular flexibility index (Phi) is 6.84. The van der Waals surface area contributed by atoms with E-state index in [2.05, 4.69) is 14.7 Å². The molecule has 0 aliphatic carbocycles. The van der Waals surface area contributed by atoms with Crippen molar-refractivity contribution >= 4 is 38.8 Å². The van der Waals surface area contributed by atoms with Crippen molar-refractivity contribution in [1.29, 1.82) is 0 Å². The molecule has 7 nitrogen and oxygen atoms in total. The number of hydrogen-bond acceptors (Lipinski definition) is 7. The highest BCUT2D eigenvalue weighted by molar-refractivity contribution is 7.92. The predicted molar refractivity (Wildman–Crippen MR) is 110 cm³/mol. The molecule has 0 fully saturated rings. The molecular weight excluding hydrogens is 422 g/mol. The van der Waals surface area contributed by atoms with Gasteiger partial charge < -0.3 is 9.84 Å². The van der Waals surface area contributed by atoms with E-state index in [1.54, 1.807) is 24.3 Å². The second-order valence-corrected chi connectivity index (χ2v) is 9.04. The average Bonchev–Trinajstić information content (AvgIpc) is 3.19. The molecule has 0 unspecified atom stereocenters. The van der Waals surface area contributed by atoms with Gasteiger partial charge in [0.25, 0.3) is 0 Å². The number of rotatable bonds is 9. The number of thiophene rings is 1. The van der Waals surface area contributed by atoms with Crippen molar-refractivity contribution in [2.75, 3.05) is 23.7 Å². The van der Waals surface area contributed by atoms with Gasteiger partial charge in [-0.05, 0) is 35.6 Å². The van der Waals surface area contributed by atoms with Crippen LogP contribution in [0.4, 0.5) is 5.82 Å². The first-order valence-corrected chi connectivity index (χ1v) is 11.3. The van der Waals surface area contributed by atoms with E-state index in [0.29, 0.717) is 22.6 Å². The van der Waals surface area contributed by atoms with Gasteiger partial charge in [-0.15, -0.1) is 11.3 Å². The van der Waals surface area contributed by atoms with E-state index < -0.39 is 10.0 Å². The van der Waals surface area contributed by atoms with E-state index in [4.69, 9.17) is 21.4 Å². The number of benzene rings is 1. The van der Waals surface area contributed by atoms with Crippen LogP contribution in [0.2, 0.25) is 5.02 Å². The van der Waals surface area contributed by atoms with Crippen LogP contribution in [0.5, 0.6) is 5.88 Å². The first-order valence-electron chi connectivity index (χ1n) is 8.36. The highest BCUT2D eigenvalue weighted by Gasteiger charge is 2.20. The molecule has 2 heterocycles. The number of nitrogens with zero attached hydrogens (tertiary/aromatic N) is 2. The van der Waals surface area contributed by atoms with Crippen molar-refractivity contribution in [3.63, 3.8) is 0 Å². The molecule has 3 rings (SSSR count). The summed E-state index contributed by atoms with van der Waals surface area (Å²) in [6, 6.07) is 10.6. The molecule has 0 aliphatic rings. The van der Waals surface area contributed by atoms with Gasteiger partial charge in [0.1, 0.15) is 12.9 Å². The third kappa shape index (κ3) is 5.41. The van der Waals surface area contributed by atoms with Crippen molar-refractivity contribution < 1.29 is 18.3 Å². The molecule has 0 radical (unpaired) electrons. The van der Waals surface area contributed by atoms with Gasteiger partial charge in [-0.25, -0.2) is 18.4 Å². The summed E-state index contributed by atoms with van der Waals surface area (Å²) in [7, 11) is -3.65. The molecule has 3 aromatic rings. The van der Waals surface area contributed by atoms with Gasteiger partial charge in [0.15, 0.2) is 5.82 Å². The van der Waals surface area contributed by atoms with Crippen LogP contribution in [0.25, 0.3) is 11.1 Å². The van der Waals surface area contributed by atoms with E-state index in [-0.39, 0.29) is 30.7 Å². The van der Waals surface area contributed by atoms with E-state index in [1.165, 1.54) is 17.7 Å². The lowest BCUT2D eigenvalue weighted by molar-refractivity contribution is 0.197. The number of halogens is 1. The first-order chi connectivity index (χ1) is 13.5. The Morgan fingerprint density at radius 2 is 1.96 bits per heavy atom. The molecular formula is C18H18ClN3O4S2. The summed E-state index contributed by atoms with van der Waals surface area (Å²) in [4.78, 5) is 9.17. The standard InChI is InChI=1S/C18H18ClN3O4S2/c19-14-5-3-13(4-6-14)16-17(20-12-21-18(16)26-9-8-23)22-28(24,25)11-7-15-2-1-10-27-15/h1-6,10,12,23H,7-9,11H2,(H,20,21,22). The number of aliphatic hydroxyl groups is 1. The fourth-order valence-electron chi connectivity index (χ4n) is 2.46. The number of aliphatic hydroxyl groups excluding tert-OH is 1. The summed E-state index contributed by atoms with van der Waals surface area (Å²) in [6.07, 6.45) is 1.62.